The third-order valence-corrected chi connectivity index (χ3v) is 3.79. The first kappa shape index (κ1) is 14.0. The molecule has 0 atom stereocenters. The molecule has 2 rings (SSSR count). The van der Waals surface area contributed by atoms with E-state index in [9.17, 15) is 0 Å². The summed E-state index contributed by atoms with van der Waals surface area (Å²) in [7, 11) is 0. The minimum atomic E-state index is 0.993. The van der Waals surface area contributed by atoms with Crippen molar-refractivity contribution in [3.8, 4) is 0 Å². The van der Waals surface area contributed by atoms with Gasteiger partial charge in [0, 0.05) is 12.2 Å². The summed E-state index contributed by atoms with van der Waals surface area (Å²) in [6.45, 7) is 1.05. The van der Waals surface area contributed by atoms with Crippen LogP contribution in [0.1, 0.15) is 17.5 Å². The Morgan fingerprint density at radius 3 is 2.47 bits per heavy atom. The number of hydrogen-bond donors (Lipinski definition) is 1. The van der Waals surface area contributed by atoms with Crippen LogP contribution < -0.4 is 5.32 Å². The standard InChI is InChI=1S/C17H21NS/c1-19-13-7-12-18-17-11-6-5-10-16(17)14-15-8-3-2-4-9-15/h2-6,8-11,18H,7,12-14H2,1H3. The summed E-state index contributed by atoms with van der Waals surface area (Å²) in [5.41, 5.74) is 4.01. The third kappa shape index (κ3) is 4.64. The molecular formula is C17H21NS. The normalized spacial score (nSPS) is 10.4. The zero-order valence-electron chi connectivity index (χ0n) is 11.4. The molecule has 0 aliphatic heterocycles. The minimum Gasteiger partial charge on any atom is -0.385 e. The van der Waals surface area contributed by atoms with E-state index in [4.69, 9.17) is 0 Å². The average molecular weight is 271 g/mol. The summed E-state index contributed by atoms with van der Waals surface area (Å²) in [4.78, 5) is 0. The second-order valence-electron chi connectivity index (χ2n) is 4.59. The molecule has 100 valence electrons. The van der Waals surface area contributed by atoms with E-state index in [-0.39, 0.29) is 0 Å². The van der Waals surface area contributed by atoms with E-state index in [1.807, 2.05) is 11.8 Å². The van der Waals surface area contributed by atoms with Crippen molar-refractivity contribution in [2.45, 2.75) is 12.8 Å². The van der Waals surface area contributed by atoms with Gasteiger partial charge in [-0.1, -0.05) is 48.5 Å². The molecule has 0 unspecified atom stereocenters. The first-order valence-corrected chi connectivity index (χ1v) is 8.14. The van der Waals surface area contributed by atoms with Gasteiger partial charge in [0.15, 0.2) is 0 Å². The highest BCUT2D eigenvalue weighted by atomic mass is 32.2. The number of para-hydroxylation sites is 1. The topological polar surface area (TPSA) is 12.0 Å². The average Bonchev–Trinajstić information content (AvgIpc) is 2.46. The van der Waals surface area contributed by atoms with E-state index >= 15 is 0 Å². The zero-order chi connectivity index (χ0) is 13.3. The third-order valence-electron chi connectivity index (χ3n) is 3.10. The summed E-state index contributed by atoms with van der Waals surface area (Å²) >= 11 is 1.90. The van der Waals surface area contributed by atoms with Crippen LogP contribution in [0, 0.1) is 0 Å². The van der Waals surface area contributed by atoms with Gasteiger partial charge in [-0.3, -0.25) is 0 Å². The summed E-state index contributed by atoms with van der Waals surface area (Å²) in [5, 5.41) is 3.55. The van der Waals surface area contributed by atoms with Crippen molar-refractivity contribution in [1.82, 2.24) is 0 Å². The molecule has 0 radical (unpaired) electrons. The first-order valence-electron chi connectivity index (χ1n) is 6.75. The minimum absolute atomic E-state index is 0.993. The maximum Gasteiger partial charge on any atom is 0.0376 e. The predicted molar refractivity (Wildman–Crippen MR) is 87.2 cm³/mol. The van der Waals surface area contributed by atoms with Crippen molar-refractivity contribution in [1.29, 1.82) is 0 Å². The largest absolute Gasteiger partial charge is 0.385 e. The van der Waals surface area contributed by atoms with Crippen LogP contribution in [0.3, 0.4) is 0 Å². The quantitative estimate of drug-likeness (QED) is 0.747. The van der Waals surface area contributed by atoms with E-state index < -0.39 is 0 Å². The Kier molecular flexibility index (Phi) is 5.83. The van der Waals surface area contributed by atoms with E-state index in [1.165, 1.54) is 29.0 Å². The van der Waals surface area contributed by atoms with Gasteiger partial charge in [-0.25, -0.2) is 0 Å². The molecule has 0 saturated heterocycles. The molecule has 0 aromatic heterocycles. The molecule has 0 saturated carbocycles. The van der Waals surface area contributed by atoms with E-state index in [0.717, 1.165) is 13.0 Å². The van der Waals surface area contributed by atoms with Crippen molar-refractivity contribution in [2.75, 3.05) is 23.9 Å². The van der Waals surface area contributed by atoms with Crippen molar-refractivity contribution >= 4 is 17.4 Å². The molecule has 1 N–H and O–H groups in total. The van der Waals surface area contributed by atoms with E-state index in [1.54, 1.807) is 0 Å². The fraction of sp³-hybridized carbons (Fsp3) is 0.294. The van der Waals surface area contributed by atoms with Gasteiger partial charge >= 0.3 is 0 Å². The van der Waals surface area contributed by atoms with Gasteiger partial charge in [-0.05, 0) is 42.0 Å². The number of hydrogen-bond acceptors (Lipinski definition) is 2. The molecule has 19 heavy (non-hydrogen) atoms. The second-order valence-corrected chi connectivity index (χ2v) is 5.58. The Morgan fingerprint density at radius 2 is 1.68 bits per heavy atom. The lowest BCUT2D eigenvalue weighted by molar-refractivity contribution is 0.987. The number of nitrogens with one attached hydrogen (secondary N) is 1. The van der Waals surface area contributed by atoms with Crippen LogP contribution in [0.25, 0.3) is 0 Å². The first-order chi connectivity index (χ1) is 9.40. The molecule has 1 nitrogen and oxygen atoms in total. The molecule has 0 bridgehead atoms. The highest BCUT2D eigenvalue weighted by Gasteiger charge is 2.02. The van der Waals surface area contributed by atoms with Crippen molar-refractivity contribution in [3.05, 3.63) is 65.7 Å². The SMILES string of the molecule is CSCCCNc1ccccc1Cc1ccccc1. The summed E-state index contributed by atoms with van der Waals surface area (Å²) in [6.07, 6.45) is 4.36. The maximum atomic E-state index is 3.55. The highest BCUT2D eigenvalue weighted by Crippen LogP contribution is 2.19. The predicted octanol–water partition coefficient (Wildman–Crippen LogP) is 4.44. The Morgan fingerprint density at radius 1 is 0.947 bits per heavy atom. The van der Waals surface area contributed by atoms with Gasteiger partial charge in [-0.2, -0.15) is 11.8 Å². The van der Waals surface area contributed by atoms with E-state index in [2.05, 4.69) is 66.2 Å². The van der Waals surface area contributed by atoms with Gasteiger partial charge < -0.3 is 5.32 Å². The molecular weight excluding hydrogens is 250 g/mol. The number of anilines is 1. The molecule has 2 aromatic carbocycles. The lowest BCUT2D eigenvalue weighted by Gasteiger charge is -2.12. The van der Waals surface area contributed by atoms with Crippen LogP contribution >= 0.6 is 11.8 Å². The Labute approximate surface area is 120 Å². The molecule has 0 heterocycles. The molecule has 2 aromatic rings. The van der Waals surface area contributed by atoms with Crippen LogP contribution in [0.5, 0.6) is 0 Å². The number of thioether (sulfide) groups is 1. The van der Waals surface area contributed by atoms with Gasteiger partial charge in [0.25, 0.3) is 0 Å². The van der Waals surface area contributed by atoms with Gasteiger partial charge in [0.05, 0.1) is 0 Å². The van der Waals surface area contributed by atoms with Crippen molar-refractivity contribution < 1.29 is 0 Å². The van der Waals surface area contributed by atoms with Gasteiger partial charge in [0.2, 0.25) is 0 Å². The fourth-order valence-corrected chi connectivity index (χ4v) is 2.54. The van der Waals surface area contributed by atoms with E-state index in [0.29, 0.717) is 0 Å². The van der Waals surface area contributed by atoms with Gasteiger partial charge in [-0.15, -0.1) is 0 Å². The van der Waals surface area contributed by atoms with Crippen LogP contribution in [0.4, 0.5) is 5.69 Å². The molecule has 2 heteroatoms. The molecule has 0 fully saturated rings. The molecule has 0 aliphatic rings. The van der Waals surface area contributed by atoms with Crippen LogP contribution in [-0.2, 0) is 6.42 Å². The van der Waals surface area contributed by atoms with Crippen molar-refractivity contribution in [2.24, 2.45) is 0 Å². The van der Waals surface area contributed by atoms with Crippen LogP contribution in [-0.4, -0.2) is 18.6 Å². The maximum absolute atomic E-state index is 3.55. The summed E-state index contributed by atoms with van der Waals surface area (Å²) in [6, 6.07) is 19.2. The summed E-state index contributed by atoms with van der Waals surface area (Å²) in [5.74, 6) is 1.22. The lowest BCUT2D eigenvalue weighted by atomic mass is 10.0. The smallest absolute Gasteiger partial charge is 0.0376 e. The zero-order valence-corrected chi connectivity index (χ0v) is 12.2. The van der Waals surface area contributed by atoms with Crippen molar-refractivity contribution in [3.63, 3.8) is 0 Å². The molecule has 0 spiro atoms. The number of rotatable bonds is 7. The lowest BCUT2D eigenvalue weighted by Crippen LogP contribution is -2.05. The second kappa shape index (κ2) is 7.90. The fourth-order valence-electron chi connectivity index (χ4n) is 2.10. The van der Waals surface area contributed by atoms with Gasteiger partial charge in [0.1, 0.15) is 0 Å². The highest BCUT2D eigenvalue weighted by molar-refractivity contribution is 7.98. The molecule has 0 amide bonds. The Hall–Kier alpha value is -1.41. The monoisotopic (exact) mass is 271 g/mol. The number of benzene rings is 2. The Balaban J connectivity index is 2.00. The van der Waals surface area contributed by atoms with Crippen LogP contribution in [0.2, 0.25) is 0 Å². The van der Waals surface area contributed by atoms with Crippen LogP contribution in [0.15, 0.2) is 54.6 Å². The summed E-state index contributed by atoms with van der Waals surface area (Å²) < 4.78 is 0. The Bertz CT molecular complexity index is 482. The molecule has 0 aliphatic carbocycles.